The van der Waals surface area contributed by atoms with Crippen LogP contribution in [0.25, 0.3) is 0 Å². The van der Waals surface area contributed by atoms with Crippen molar-refractivity contribution in [1.29, 1.82) is 0 Å². The van der Waals surface area contributed by atoms with Gasteiger partial charge in [0.1, 0.15) is 0 Å². The van der Waals surface area contributed by atoms with Crippen LogP contribution in [0.3, 0.4) is 0 Å². The van der Waals surface area contributed by atoms with Gasteiger partial charge in [-0.2, -0.15) is 0 Å². The van der Waals surface area contributed by atoms with Crippen LogP contribution >= 0.6 is 0 Å². The van der Waals surface area contributed by atoms with Gasteiger partial charge < -0.3 is 15.7 Å². The van der Waals surface area contributed by atoms with E-state index in [0.29, 0.717) is 6.54 Å². The van der Waals surface area contributed by atoms with Gasteiger partial charge in [-0.1, -0.05) is 6.07 Å². The molecule has 0 saturated carbocycles. The maximum absolute atomic E-state index is 9.84. The Morgan fingerprint density at radius 2 is 1.74 bits per heavy atom. The molecule has 1 unspecified atom stereocenters. The molecule has 0 bridgehead atoms. The van der Waals surface area contributed by atoms with E-state index in [9.17, 15) is 5.11 Å². The number of hydrogen-bond acceptors (Lipinski definition) is 3. The Hall–Kier alpha value is -1.06. The first-order chi connectivity index (χ1) is 8.84. The molecule has 108 valence electrons. The molecule has 3 N–H and O–H groups in total. The average molecular weight is 264 g/mol. The van der Waals surface area contributed by atoms with E-state index >= 15 is 0 Å². The fourth-order valence-electron chi connectivity index (χ4n) is 2.26. The van der Waals surface area contributed by atoms with Gasteiger partial charge in [-0.3, -0.25) is 0 Å². The number of anilines is 1. The monoisotopic (exact) mass is 264 g/mol. The van der Waals surface area contributed by atoms with Crippen LogP contribution in [0.15, 0.2) is 18.2 Å². The highest BCUT2D eigenvalue weighted by atomic mass is 16.3. The fourth-order valence-corrected chi connectivity index (χ4v) is 2.26. The largest absolute Gasteiger partial charge is 0.389 e. The van der Waals surface area contributed by atoms with Crippen LogP contribution in [-0.4, -0.2) is 30.8 Å². The number of rotatable bonds is 7. The first-order valence-corrected chi connectivity index (χ1v) is 7.06. The van der Waals surface area contributed by atoms with Gasteiger partial charge in [-0.25, -0.2) is 0 Å². The number of benzene rings is 1. The van der Waals surface area contributed by atoms with Crippen LogP contribution in [0.1, 0.15) is 37.3 Å². The van der Waals surface area contributed by atoms with E-state index in [1.165, 1.54) is 16.8 Å². The zero-order valence-electron chi connectivity index (χ0n) is 12.7. The summed E-state index contributed by atoms with van der Waals surface area (Å²) in [6.45, 7) is 7.40. The number of nitrogens with two attached hydrogens (primary N) is 1. The molecule has 0 aliphatic rings. The van der Waals surface area contributed by atoms with E-state index in [1.807, 2.05) is 0 Å². The van der Waals surface area contributed by atoms with Gasteiger partial charge in [-0.15, -0.1) is 0 Å². The standard InChI is InChI=1S/C16H28N2O/c1-13-9-14(2)11-15(10-13)18(4)8-6-5-7-16(3,19)12-17/h9-11,19H,5-8,12,17H2,1-4H3. The summed E-state index contributed by atoms with van der Waals surface area (Å²) in [5.74, 6) is 0. The predicted molar refractivity (Wildman–Crippen MR) is 82.7 cm³/mol. The molecule has 0 saturated heterocycles. The summed E-state index contributed by atoms with van der Waals surface area (Å²) in [7, 11) is 2.12. The predicted octanol–water partition coefficient (Wildman–Crippen LogP) is 2.62. The van der Waals surface area contributed by atoms with Crippen molar-refractivity contribution < 1.29 is 5.11 Å². The summed E-state index contributed by atoms with van der Waals surface area (Å²) in [5.41, 5.74) is 8.67. The Morgan fingerprint density at radius 1 is 1.16 bits per heavy atom. The van der Waals surface area contributed by atoms with Crippen LogP contribution in [0.2, 0.25) is 0 Å². The summed E-state index contributed by atoms with van der Waals surface area (Å²) in [4.78, 5) is 2.27. The average Bonchev–Trinajstić information content (AvgIpc) is 2.33. The Labute approximate surface area is 117 Å². The lowest BCUT2D eigenvalue weighted by molar-refractivity contribution is 0.0575. The molecular formula is C16H28N2O. The third-order valence-electron chi connectivity index (χ3n) is 3.55. The number of nitrogens with zero attached hydrogens (tertiary/aromatic N) is 1. The molecule has 0 fully saturated rings. The van der Waals surface area contributed by atoms with Crippen molar-refractivity contribution >= 4 is 5.69 Å². The van der Waals surface area contributed by atoms with E-state index in [-0.39, 0.29) is 0 Å². The minimum absolute atomic E-state index is 0.333. The van der Waals surface area contributed by atoms with Gasteiger partial charge in [0.2, 0.25) is 0 Å². The third kappa shape index (κ3) is 5.62. The molecular weight excluding hydrogens is 236 g/mol. The van der Waals surface area contributed by atoms with Gasteiger partial charge in [0.25, 0.3) is 0 Å². The first-order valence-electron chi connectivity index (χ1n) is 7.06. The second kappa shape index (κ2) is 6.92. The topological polar surface area (TPSA) is 49.5 Å². The molecule has 19 heavy (non-hydrogen) atoms. The van der Waals surface area contributed by atoms with Gasteiger partial charge >= 0.3 is 0 Å². The van der Waals surface area contributed by atoms with E-state index in [4.69, 9.17) is 5.73 Å². The third-order valence-corrected chi connectivity index (χ3v) is 3.55. The Bertz CT molecular complexity index is 381. The Morgan fingerprint density at radius 3 is 2.26 bits per heavy atom. The van der Waals surface area contributed by atoms with Crippen molar-refractivity contribution in [1.82, 2.24) is 0 Å². The maximum Gasteiger partial charge on any atom is 0.0741 e. The van der Waals surface area contributed by atoms with Crippen molar-refractivity contribution in [2.24, 2.45) is 5.73 Å². The highest BCUT2D eigenvalue weighted by Crippen LogP contribution is 2.19. The van der Waals surface area contributed by atoms with Crippen LogP contribution in [-0.2, 0) is 0 Å². The van der Waals surface area contributed by atoms with Gasteiger partial charge in [0.15, 0.2) is 0 Å². The van der Waals surface area contributed by atoms with E-state index in [1.54, 1.807) is 6.92 Å². The molecule has 0 aromatic heterocycles. The van der Waals surface area contributed by atoms with E-state index in [2.05, 4.69) is 44.0 Å². The van der Waals surface area contributed by atoms with Crippen molar-refractivity contribution in [2.75, 3.05) is 25.0 Å². The van der Waals surface area contributed by atoms with Crippen LogP contribution in [0.5, 0.6) is 0 Å². The van der Waals surface area contributed by atoms with Crippen molar-refractivity contribution in [2.45, 2.75) is 45.6 Å². The molecule has 1 aromatic rings. The summed E-state index contributed by atoms with van der Waals surface area (Å²) >= 11 is 0. The lowest BCUT2D eigenvalue weighted by Crippen LogP contribution is -2.34. The highest BCUT2D eigenvalue weighted by Gasteiger charge is 2.16. The van der Waals surface area contributed by atoms with Crippen molar-refractivity contribution in [3.8, 4) is 0 Å². The first kappa shape index (κ1) is 16.0. The minimum atomic E-state index is -0.710. The van der Waals surface area contributed by atoms with Crippen LogP contribution in [0.4, 0.5) is 5.69 Å². The van der Waals surface area contributed by atoms with E-state index < -0.39 is 5.60 Å². The molecule has 1 rings (SSSR count). The van der Waals surface area contributed by atoms with Crippen LogP contribution in [0, 0.1) is 13.8 Å². The lowest BCUT2D eigenvalue weighted by atomic mass is 9.99. The lowest BCUT2D eigenvalue weighted by Gasteiger charge is -2.23. The number of aryl methyl sites for hydroxylation is 2. The smallest absolute Gasteiger partial charge is 0.0741 e. The molecule has 0 heterocycles. The zero-order chi connectivity index (χ0) is 14.5. The molecule has 3 heteroatoms. The number of unbranched alkanes of at least 4 members (excludes halogenated alkanes) is 1. The highest BCUT2D eigenvalue weighted by molar-refractivity contribution is 5.50. The van der Waals surface area contributed by atoms with E-state index in [0.717, 1.165) is 25.8 Å². The number of hydrogen-bond donors (Lipinski definition) is 2. The summed E-state index contributed by atoms with van der Waals surface area (Å²) in [6.07, 6.45) is 2.84. The molecule has 0 spiro atoms. The van der Waals surface area contributed by atoms with Crippen LogP contribution < -0.4 is 10.6 Å². The van der Waals surface area contributed by atoms with Gasteiger partial charge in [-0.05, 0) is 63.3 Å². The van der Waals surface area contributed by atoms with Gasteiger partial charge in [0.05, 0.1) is 5.60 Å². The Kier molecular flexibility index (Phi) is 5.83. The second-order valence-electron chi connectivity index (χ2n) is 5.93. The number of aliphatic hydroxyl groups is 1. The minimum Gasteiger partial charge on any atom is -0.389 e. The summed E-state index contributed by atoms with van der Waals surface area (Å²) in [5, 5.41) is 9.84. The SMILES string of the molecule is Cc1cc(C)cc(N(C)CCCCC(C)(O)CN)c1. The van der Waals surface area contributed by atoms with Crippen molar-refractivity contribution in [3.63, 3.8) is 0 Å². The quantitative estimate of drug-likeness (QED) is 0.744. The fraction of sp³-hybridized carbons (Fsp3) is 0.625. The Balaban J connectivity index is 2.41. The molecule has 0 aliphatic heterocycles. The molecule has 1 aromatic carbocycles. The van der Waals surface area contributed by atoms with Crippen molar-refractivity contribution in [3.05, 3.63) is 29.3 Å². The molecule has 0 aliphatic carbocycles. The zero-order valence-corrected chi connectivity index (χ0v) is 12.7. The normalized spacial score (nSPS) is 14.2. The summed E-state index contributed by atoms with van der Waals surface area (Å²) in [6, 6.07) is 6.61. The van der Waals surface area contributed by atoms with Gasteiger partial charge in [0, 0.05) is 25.8 Å². The maximum atomic E-state index is 9.84. The second-order valence-corrected chi connectivity index (χ2v) is 5.93. The molecule has 0 radical (unpaired) electrons. The molecule has 0 amide bonds. The molecule has 1 atom stereocenters. The molecule has 3 nitrogen and oxygen atoms in total. The summed E-state index contributed by atoms with van der Waals surface area (Å²) < 4.78 is 0.